The van der Waals surface area contributed by atoms with Crippen molar-refractivity contribution >= 4 is 39.4 Å². The van der Waals surface area contributed by atoms with Crippen molar-refractivity contribution in [3.05, 3.63) is 56.1 Å². The largest absolute Gasteiger partial charge is 0.400 e. The van der Waals surface area contributed by atoms with Crippen LogP contribution in [0.15, 0.2) is 29.3 Å². The molecule has 0 saturated heterocycles. The number of nitrogens with zero attached hydrogens (tertiary/aromatic N) is 2. The van der Waals surface area contributed by atoms with Crippen molar-refractivity contribution in [3.63, 3.8) is 0 Å². The fraction of sp³-hybridized carbons (Fsp3) is 0.118. The molecular weight excluding hydrogens is 374 g/mol. The molecule has 3 rings (SSSR count). The van der Waals surface area contributed by atoms with Crippen LogP contribution in [0.3, 0.4) is 0 Å². The molecule has 1 aliphatic rings. The third-order valence-corrected chi connectivity index (χ3v) is 5.10. The lowest BCUT2D eigenvalue weighted by molar-refractivity contribution is 0.606. The summed E-state index contributed by atoms with van der Waals surface area (Å²) in [6.45, 7) is 1.62. The van der Waals surface area contributed by atoms with E-state index in [9.17, 15) is 8.42 Å². The van der Waals surface area contributed by atoms with Crippen LogP contribution in [-0.2, 0) is 9.84 Å². The van der Waals surface area contributed by atoms with Crippen LogP contribution in [-0.4, -0.2) is 24.6 Å². The van der Waals surface area contributed by atoms with Crippen molar-refractivity contribution in [2.45, 2.75) is 6.92 Å². The van der Waals surface area contributed by atoms with Gasteiger partial charge in [0.25, 0.3) is 0 Å². The molecule has 0 aliphatic carbocycles. The lowest BCUT2D eigenvalue weighted by Gasteiger charge is -2.11. The van der Waals surface area contributed by atoms with Crippen molar-refractivity contribution in [3.8, 4) is 11.3 Å². The normalized spacial score (nSPS) is 14.5. The molecule has 2 aromatic rings. The minimum absolute atomic E-state index is 0.0109. The molecule has 9 heteroatoms. The van der Waals surface area contributed by atoms with Crippen molar-refractivity contribution in [2.24, 2.45) is 5.73 Å². The maximum atomic E-state index is 11.9. The number of benzene rings is 1. The zero-order valence-corrected chi connectivity index (χ0v) is 15.6. The van der Waals surface area contributed by atoms with Crippen LogP contribution in [0.4, 0.5) is 0 Å². The van der Waals surface area contributed by atoms with Crippen LogP contribution in [0, 0.1) is 5.41 Å². The van der Waals surface area contributed by atoms with Gasteiger partial charge in [-0.1, -0.05) is 29.8 Å². The molecule has 0 bridgehead atoms. The van der Waals surface area contributed by atoms with E-state index < -0.39 is 9.84 Å². The van der Waals surface area contributed by atoms with Gasteiger partial charge in [0.2, 0.25) is 0 Å². The van der Waals surface area contributed by atoms with Crippen LogP contribution in [0.1, 0.15) is 12.6 Å². The number of hydrogen-bond donors (Lipinski definition) is 3. The third kappa shape index (κ3) is 3.33. The number of halogens is 1. The molecule has 1 aliphatic heterocycles. The fourth-order valence-electron chi connectivity index (χ4n) is 2.49. The van der Waals surface area contributed by atoms with E-state index in [2.05, 4.69) is 15.3 Å². The van der Waals surface area contributed by atoms with Gasteiger partial charge in [0, 0.05) is 34.0 Å². The van der Waals surface area contributed by atoms with Crippen molar-refractivity contribution in [1.82, 2.24) is 15.3 Å². The van der Waals surface area contributed by atoms with Gasteiger partial charge < -0.3 is 11.1 Å². The summed E-state index contributed by atoms with van der Waals surface area (Å²) in [6.07, 6.45) is 3.96. The summed E-state index contributed by atoms with van der Waals surface area (Å²) in [5.41, 5.74) is 7.41. The lowest BCUT2D eigenvalue weighted by atomic mass is 10.1. The molecule has 1 aromatic heterocycles. The van der Waals surface area contributed by atoms with E-state index >= 15 is 0 Å². The van der Waals surface area contributed by atoms with Crippen molar-refractivity contribution < 1.29 is 8.42 Å². The highest BCUT2D eigenvalue weighted by molar-refractivity contribution is 7.94. The van der Waals surface area contributed by atoms with Gasteiger partial charge in [-0.05, 0) is 19.1 Å². The number of nitrogens with two attached hydrogens (primary N) is 1. The molecule has 0 unspecified atom stereocenters. The second-order valence-corrected chi connectivity index (χ2v) is 8.19. The first-order valence-electron chi connectivity index (χ1n) is 7.55. The Hall–Kier alpha value is -2.71. The minimum Gasteiger partial charge on any atom is -0.400 e. The third-order valence-electron chi connectivity index (χ3n) is 3.74. The van der Waals surface area contributed by atoms with Crippen LogP contribution in [0.5, 0.6) is 0 Å². The molecule has 2 heterocycles. The molecule has 0 amide bonds. The van der Waals surface area contributed by atoms with Gasteiger partial charge in [-0.2, -0.15) is 0 Å². The van der Waals surface area contributed by atoms with Gasteiger partial charge >= 0.3 is 0 Å². The molecule has 0 spiro atoms. The maximum absolute atomic E-state index is 11.9. The number of rotatable bonds is 2. The Morgan fingerprint density at radius 1 is 1.27 bits per heavy atom. The summed E-state index contributed by atoms with van der Waals surface area (Å²) < 4.78 is 23.7. The zero-order chi connectivity index (χ0) is 19.1. The van der Waals surface area contributed by atoms with Crippen molar-refractivity contribution in [2.75, 3.05) is 6.26 Å². The number of aromatic nitrogens is 2. The minimum atomic E-state index is -3.47. The first-order chi connectivity index (χ1) is 12.2. The highest BCUT2D eigenvalue weighted by Gasteiger charge is 2.17. The molecular formula is C17H16ClN5O2S. The van der Waals surface area contributed by atoms with E-state index in [1.54, 1.807) is 25.1 Å². The monoisotopic (exact) mass is 389 g/mol. The molecule has 0 saturated carbocycles. The van der Waals surface area contributed by atoms with E-state index in [0.717, 1.165) is 6.26 Å². The molecule has 26 heavy (non-hydrogen) atoms. The molecule has 0 atom stereocenters. The lowest BCUT2D eigenvalue weighted by Crippen LogP contribution is -2.32. The number of fused-ring (bicyclic) bond motifs is 1. The Morgan fingerprint density at radius 3 is 2.58 bits per heavy atom. The SMILES string of the molecule is C/C(N)=c1\nc(-c2ccccc2Cl)c2c(nc1=N)C=C(S(C)(=O)=O)NC=2. The van der Waals surface area contributed by atoms with Crippen LogP contribution in [0.2, 0.25) is 5.02 Å². The van der Waals surface area contributed by atoms with E-state index in [1.807, 2.05) is 6.07 Å². The topological polar surface area (TPSA) is 122 Å². The van der Waals surface area contributed by atoms with Gasteiger partial charge in [0.1, 0.15) is 10.4 Å². The summed E-state index contributed by atoms with van der Waals surface area (Å²) in [6, 6.07) is 7.11. The van der Waals surface area contributed by atoms with Gasteiger partial charge in [0.05, 0.1) is 11.4 Å². The zero-order valence-electron chi connectivity index (χ0n) is 14.0. The Kier molecular flexibility index (Phi) is 4.55. The van der Waals surface area contributed by atoms with Crippen LogP contribution < -0.4 is 27.1 Å². The predicted molar refractivity (Wildman–Crippen MR) is 101 cm³/mol. The van der Waals surface area contributed by atoms with E-state index in [4.69, 9.17) is 22.7 Å². The molecule has 7 nitrogen and oxygen atoms in total. The van der Waals surface area contributed by atoms with Gasteiger partial charge in [0.15, 0.2) is 15.3 Å². The van der Waals surface area contributed by atoms with Gasteiger partial charge in [-0.15, -0.1) is 0 Å². The average Bonchev–Trinajstić information content (AvgIpc) is 2.70. The Balaban J connectivity index is 2.53. The highest BCUT2D eigenvalue weighted by atomic mass is 35.5. The smallest absolute Gasteiger partial charge is 0.190 e. The molecule has 0 radical (unpaired) electrons. The second kappa shape index (κ2) is 6.54. The molecule has 134 valence electrons. The quantitative estimate of drug-likeness (QED) is 0.667. The second-order valence-electron chi connectivity index (χ2n) is 5.80. The molecule has 1 aromatic carbocycles. The van der Waals surface area contributed by atoms with Crippen LogP contribution >= 0.6 is 11.6 Å². The Bertz CT molecular complexity index is 1230. The first-order valence-corrected chi connectivity index (χ1v) is 9.82. The maximum Gasteiger partial charge on any atom is 0.190 e. The Morgan fingerprint density at radius 2 is 1.96 bits per heavy atom. The summed E-state index contributed by atoms with van der Waals surface area (Å²) in [5, 5.41) is 12.1. The standard InChI is InChI=1S/C17H16ClN5O2S/c1-9(19)15-17(20)22-13-7-14(26(2,24)25)21-8-11(13)16(23-15)10-5-3-4-6-12(10)18/h3-8,20-21H,19H2,1-2H3/b15-9+,20-17?. The predicted octanol–water partition coefficient (Wildman–Crippen LogP) is 0.0475. The number of nitrogens with one attached hydrogen (secondary N) is 2. The summed E-state index contributed by atoms with van der Waals surface area (Å²) in [7, 11) is -3.47. The summed E-state index contributed by atoms with van der Waals surface area (Å²) in [4.78, 5) is 8.74. The van der Waals surface area contributed by atoms with E-state index in [1.165, 1.54) is 12.3 Å². The average molecular weight is 390 g/mol. The summed E-state index contributed by atoms with van der Waals surface area (Å²) >= 11 is 6.33. The van der Waals surface area contributed by atoms with E-state index in [0.29, 0.717) is 32.9 Å². The van der Waals surface area contributed by atoms with Gasteiger partial charge in [-0.3, -0.25) is 5.41 Å². The summed E-state index contributed by atoms with van der Waals surface area (Å²) in [5.74, 6) is 0. The Labute approximate surface area is 155 Å². The van der Waals surface area contributed by atoms with Crippen molar-refractivity contribution in [1.29, 1.82) is 5.41 Å². The van der Waals surface area contributed by atoms with Gasteiger partial charge in [-0.25, -0.2) is 18.4 Å². The highest BCUT2D eigenvalue weighted by Crippen LogP contribution is 2.23. The van der Waals surface area contributed by atoms with E-state index in [-0.39, 0.29) is 15.9 Å². The number of hydrogen-bond acceptors (Lipinski definition) is 7. The molecule has 4 N–H and O–H groups in total. The molecule has 0 fully saturated rings. The van der Waals surface area contributed by atoms with Crippen LogP contribution in [0.25, 0.3) is 29.2 Å². The fourth-order valence-corrected chi connectivity index (χ4v) is 3.31. The number of sulfone groups is 1. The first kappa shape index (κ1) is 18.1.